The van der Waals surface area contributed by atoms with Gasteiger partial charge < -0.3 is 15.8 Å². The maximum Gasteiger partial charge on any atom is 0.242 e. The van der Waals surface area contributed by atoms with Crippen molar-refractivity contribution in [2.45, 2.75) is 45.1 Å². The van der Waals surface area contributed by atoms with E-state index in [4.69, 9.17) is 10.5 Å². The van der Waals surface area contributed by atoms with Crippen molar-refractivity contribution in [1.29, 1.82) is 0 Å². The average Bonchev–Trinajstić information content (AvgIpc) is 3.29. The fourth-order valence-electron chi connectivity index (χ4n) is 2.50. The molecule has 2 aliphatic rings. The van der Waals surface area contributed by atoms with Crippen molar-refractivity contribution < 1.29 is 4.74 Å². The van der Waals surface area contributed by atoms with Crippen molar-refractivity contribution in [3.05, 3.63) is 6.33 Å². The van der Waals surface area contributed by atoms with E-state index in [1.165, 1.54) is 32.0 Å². The van der Waals surface area contributed by atoms with Crippen LogP contribution in [0.15, 0.2) is 6.33 Å². The molecule has 0 atom stereocenters. The predicted molar refractivity (Wildman–Crippen MR) is 75.1 cm³/mol. The smallest absolute Gasteiger partial charge is 0.242 e. The van der Waals surface area contributed by atoms with Crippen LogP contribution in [0.2, 0.25) is 0 Å². The van der Waals surface area contributed by atoms with Gasteiger partial charge in [0.05, 0.1) is 6.61 Å². The van der Waals surface area contributed by atoms with Gasteiger partial charge in [-0.25, -0.2) is 4.98 Å². The molecule has 1 aromatic heterocycles. The Balaban J connectivity index is 1.72. The Bertz CT molecular complexity index is 431. The number of aromatic nitrogens is 2. The van der Waals surface area contributed by atoms with Crippen LogP contribution in [0.4, 0.5) is 11.5 Å². The quantitative estimate of drug-likeness (QED) is 0.789. The maximum atomic E-state index is 6.10. The fourth-order valence-corrected chi connectivity index (χ4v) is 2.50. The molecule has 19 heavy (non-hydrogen) atoms. The molecule has 0 aliphatic heterocycles. The molecule has 0 saturated heterocycles. The minimum absolute atomic E-state index is 0.504. The molecule has 2 fully saturated rings. The number of ether oxygens (including phenoxy) is 1. The molecule has 3 N–H and O–H groups in total. The Kier molecular flexibility index (Phi) is 3.44. The summed E-state index contributed by atoms with van der Waals surface area (Å²) in [5.74, 6) is 2.86. The molecule has 5 heteroatoms. The largest absolute Gasteiger partial charge is 0.476 e. The first-order valence-corrected chi connectivity index (χ1v) is 7.29. The minimum Gasteiger partial charge on any atom is -0.476 e. The first kappa shape index (κ1) is 12.5. The standard InChI is InChI=1S/C14H22N4O/c1-2-7-19-14-11(15)13(16-8-17-14)18-12(9-3-4-9)10-5-6-10/h8-10,12H,2-7,15H2,1H3,(H,16,17,18). The van der Waals surface area contributed by atoms with Gasteiger partial charge in [0.15, 0.2) is 5.82 Å². The molecule has 0 bridgehead atoms. The van der Waals surface area contributed by atoms with E-state index < -0.39 is 0 Å². The fraction of sp³-hybridized carbons (Fsp3) is 0.714. The normalized spacial score (nSPS) is 18.6. The summed E-state index contributed by atoms with van der Waals surface area (Å²) in [6, 6.07) is 0.538. The van der Waals surface area contributed by atoms with E-state index in [0.29, 0.717) is 24.2 Å². The van der Waals surface area contributed by atoms with Crippen molar-refractivity contribution in [2.75, 3.05) is 17.7 Å². The first-order chi connectivity index (χ1) is 9.29. The van der Waals surface area contributed by atoms with E-state index in [9.17, 15) is 0 Å². The maximum absolute atomic E-state index is 6.10. The number of nitrogen functional groups attached to an aromatic ring is 1. The van der Waals surface area contributed by atoms with Crippen LogP contribution in [0.25, 0.3) is 0 Å². The highest BCUT2D eigenvalue weighted by Crippen LogP contribution is 2.46. The van der Waals surface area contributed by atoms with Crippen molar-refractivity contribution in [1.82, 2.24) is 9.97 Å². The van der Waals surface area contributed by atoms with Gasteiger partial charge in [-0.05, 0) is 43.9 Å². The lowest BCUT2D eigenvalue weighted by atomic mass is 10.1. The number of rotatable bonds is 7. The van der Waals surface area contributed by atoms with Crippen LogP contribution in [-0.2, 0) is 0 Å². The number of hydrogen-bond donors (Lipinski definition) is 2. The second kappa shape index (κ2) is 5.23. The zero-order valence-electron chi connectivity index (χ0n) is 11.4. The van der Waals surface area contributed by atoms with Crippen LogP contribution in [0.3, 0.4) is 0 Å². The van der Waals surface area contributed by atoms with Crippen LogP contribution in [-0.4, -0.2) is 22.6 Å². The van der Waals surface area contributed by atoms with Gasteiger partial charge in [0.25, 0.3) is 0 Å². The van der Waals surface area contributed by atoms with Crippen LogP contribution in [0, 0.1) is 11.8 Å². The monoisotopic (exact) mass is 262 g/mol. The van der Waals surface area contributed by atoms with E-state index in [1.54, 1.807) is 0 Å². The molecule has 5 nitrogen and oxygen atoms in total. The Morgan fingerprint density at radius 2 is 2.00 bits per heavy atom. The highest BCUT2D eigenvalue weighted by molar-refractivity contribution is 5.66. The van der Waals surface area contributed by atoms with E-state index in [-0.39, 0.29) is 0 Å². The molecule has 0 unspecified atom stereocenters. The summed E-state index contributed by atoms with van der Waals surface area (Å²) in [6.45, 7) is 2.70. The van der Waals surface area contributed by atoms with Crippen molar-refractivity contribution in [3.8, 4) is 5.88 Å². The first-order valence-electron chi connectivity index (χ1n) is 7.29. The molecule has 0 aromatic carbocycles. The summed E-state index contributed by atoms with van der Waals surface area (Å²) in [4.78, 5) is 8.39. The molecule has 1 heterocycles. The Morgan fingerprint density at radius 1 is 1.32 bits per heavy atom. The zero-order valence-corrected chi connectivity index (χ0v) is 11.4. The number of anilines is 2. The van der Waals surface area contributed by atoms with E-state index in [2.05, 4.69) is 22.2 Å². The summed E-state index contributed by atoms with van der Waals surface area (Å²) < 4.78 is 5.54. The van der Waals surface area contributed by atoms with Gasteiger partial charge in [0, 0.05) is 6.04 Å². The Morgan fingerprint density at radius 3 is 2.58 bits per heavy atom. The van der Waals surface area contributed by atoms with Gasteiger partial charge in [-0.1, -0.05) is 6.92 Å². The summed E-state index contributed by atoms with van der Waals surface area (Å²) in [5, 5.41) is 3.53. The summed E-state index contributed by atoms with van der Waals surface area (Å²) in [6.07, 6.45) is 7.80. The van der Waals surface area contributed by atoms with Crippen LogP contribution in [0.1, 0.15) is 39.0 Å². The van der Waals surface area contributed by atoms with Gasteiger partial charge in [-0.2, -0.15) is 4.98 Å². The molecule has 0 spiro atoms. The molecule has 0 radical (unpaired) electrons. The average molecular weight is 262 g/mol. The Hall–Kier alpha value is -1.52. The highest BCUT2D eigenvalue weighted by Gasteiger charge is 2.41. The van der Waals surface area contributed by atoms with E-state index in [0.717, 1.165) is 24.1 Å². The van der Waals surface area contributed by atoms with Gasteiger partial charge in [-0.3, -0.25) is 0 Å². The third kappa shape index (κ3) is 2.91. The SMILES string of the molecule is CCCOc1ncnc(NC(C2CC2)C2CC2)c1N. The summed E-state index contributed by atoms with van der Waals surface area (Å²) in [7, 11) is 0. The number of nitrogens with zero attached hydrogens (tertiary/aromatic N) is 2. The number of nitrogens with one attached hydrogen (secondary N) is 1. The van der Waals surface area contributed by atoms with Gasteiger partial charge in [0.1, 0.15) is 12.0 Å². The highest BCUT2D eigenvalue weighted by atomic mass is 16.5. The summed E-state index contributed by atoms with van der Waals surface area (Å²) >= 11 is 0. The van der Waals surface area contributed by atoms with Gasteiger partial charge in [-0.15, -0.1) is 0 Å². The van der Waals surface area contributed by atoms with E-state index >= 15 is 0 Å². The van der Waals surface area contributed by atoms with Crippen LogP contribution < -0.4 is 15.8 Å². The lowest BCUT2D eigenvalue weighted by Gasteiger charge is -2.20. The van der Waals surface area contributed by atoms with Crippen LogP contribution >= 0.6 is 0 Å². The molecule has 2 aliphatic carbocycles. The van der Waals surface area contributed by atoms with Crippen molar-refractivity contribution >= 4 is 11.5 Å². The third-order valence-electron chi connectivity index (χ3n) is 3.85. The predicted octanol–water partition coefficient (Wildman–Crippen LogP) is 2.45. The van der Waals surface area contributed by atoms with Crippen molar-refractivity contribution in [2.24, 2.45) is 11.8 Å². The van der Waals surface area contributed by atoms with E-state index in [1.807, 2.05) is 0 Å². The number of nitrogens with two attached hydrogens (primary N) is 1. The lowest BCUT2D eigenvalue weighted by Crippen LogP contribution is -2.25. The van der Waals surface area contributed by atoms with Crippen molar-refractivity contribution in [3.63, 3.8) is 0 Å². The van der Waals surface area contributed by atoms with Crippen LogP contribution in [0.5, 0.6) is 5.88 Å². The lowest BCUT2D eigenvalue weighted by molar-refractivity contribution is 0.306. The Labute approximate surface area is 114 Å². The topological polar surface area (TPSA) is 73.1 Å². The molecule has 104 valence electrons. The molecular formula is C14H22N4O. The summed E-state index contributed by atoms with van der Waals surface area (Å²) in [5.41, 5.74) is 6.64. The molecular weight excluding hydrogens is 240 g/mol. The van der Waals surface area contributed by atoms with Gasteiger partial charge in [0.2, 0.25) is 5.88 Å². The number of hydrogen-bond acceptors (Lipinski definition) is 5. The molecule has 1 aromatic rings. The minimum atomic E-state index is 0.504. The second-order valence-corrected chi connectivity index (χ2v) is 5.63. The molecule has 0 amide bonds. The molecule has 3 rings (SSSR count). The zero-order chi connectivity index (χ0) is 13.2. The second-order valence-electron chi connectivity index (χ2n) is 5.63. The molecule has 2 saturated carbocycles. The third-order valence-corrected chi connectivity index (χ3v) is 3.85. The van der Waals surface area contributed by atoms with Gasteiger partial charge >= 0.3 is 0 Å².